The van der Waals surface area contributed by atoms with Crippen molar-refractivity contribution in [3.05, 3.63) is 40.9 Å². The number of benzene rings is 1. The SMILES string of the molecule is Fc1ccc2cnccc2c1Br. The van der Waals surface area contributed by atoms with Crippen LogP contribution in [-0.4, -0.2) is 4.98 Å². The van der Waals surface area contributed by atoms with Gasteiger partial charge in [-0.05, 0) is 34.1 Å². The number of hydrogen-bond acceptors (Lipinski definition) is 1. The Morgan fingerprint density at radius 1 is 1.25 bits per heavy atom. The molecule has 0 radical (unpaired) electrons. The minimum atomic E-state index is -0.242. The lowest BCUT2D eigenvalue weighted by Crippen LogP contribution is -1.80. The molecule has 60 valence electrons. The maximum Gasteiger partial charge on any atom is 0.138 e. The van der Waals surface area contributed by atoms with E-state index < -0.39 is 0 Å². The van der Waals surface area contributed by atoms with E-state index >= 15 is 0 Å². The predicted octanol–water partition coefficient (Wildman–Crippen LogP) is 3.14. The largest absolute Gasteiger partial charge is 0.264 e. The highest BCUT2D eigenvalue weighted by molar-refractivity contribution is 9.10. The van der Waals surface area contributed by atoms with Crippen LogP contribution in [0.1, 0.15) is 0 Å². The number of nitrogens with zero attached hydrogens (tertiary/aromatic N) is 1. The van der Waals surface area contributed by atoms with E-state index in [9.17, 15) is 4.39 Å². The van der Waals surface area contributed by atoms with Gasteiger partial charge in [0, 0.05) is 23.2 Å². The normalized spacial score (nSPS) is 10.5. The zero-order valence-corrected chi connectivity index (χ0v) is 7.68. The second-order valence-corrected chi connectivity index (χ2v) is 3.25. The van der Waals surface area contributed by atoms with Gasteiger partial charge in [0.25, 0.3) is 0 Å². The standard InChI is InChI=1S/C9H5BrFN/c10-9-7-3-4-12-5-6(7)1-2-8(9)11/h1-5H. The molecule has 12 heavy (non-hydrogen) atoms. The number of aromatic nitrogens is 1. The average molecular weight is 226 g/mol. The fraction of sp³-hybridized carbons (Fsp3) is 0. The molecule has 0 saturated heterocycles. The van der Waals surface area contributed by atoms with Crippen LogP contribution in [0.15, 0.2) is 35.1 Å². The Bertz CT molecular complexity index is 428. The van der Waals surface area contributed by atoms with Crippen molar-refractivity contribution in [1.29, 1.82) is 0 Å². The van der Waals surface area contributed by atoms with Crippen LogP contribution in [0.5, 0.6) is 0 Å². The Morgan fingerprint density at radius 2 is 2.08 bits per heavy atom. The first-order valence-corrected chi connectivity index (χ1v) is 4.26. The second kappa shape index (κ2) is 2.83. The predicted molar refractivity (Wildman–Crippen MR) is 49.4 cm³/mol. The van der Waals surface area contributed by atoms with Gasteiger partial charge in [-0.1, -0.05) is 0 Å². The lowest BCUT2D eigenvalue weighted by molar-refractivity contribution is 0.623. The Kier molecular flexibility index (Phi) is 1.81. The maximum atomic E-state index is 13.0. The third-order valence-corrected chi connectivity index (χ3v) is 2.51. The summed E-state index contributed by atoms with van der Waals surface area (Å²) in [6.45, 7) is 0. The second-order valence-electron chi connectivity index (χ2n) is 2.46. The molecule has 0 aliphatic carbocycles. The number of fused-ring (bicyclic) bond motifs is 1. The Labute approximate surface area is 77.4 Å². The van der Waals surface area contributed by atoms with E-state index in [0.29, 0.717) is 4.47 Å². The van der Waals surface area contributed by atoms with Gasteiger partial charge < -0.3 is 0 Å². The average Bonchev–Trinajstić information content (AvgIpc) is 2.12. The van der Waals surface area contributed by atoms with Gasteiger partial charge in [0.1, 0.15) is 5.82 Å². The lowest BCUT2D eigenvalue weighted by Gasteiger charge is -1.99. The van der Waals surface area contributed by atoms with Crippen LogP contribution in [0, 0.1) is 5.82 Å². The molecule has 1 aromatic carbocycles. The molecule has 0 amide bonds. The fourth-order valence-electron chi connectivity index (χ4n) is 1.10. The molecular weight excluding hydrogens is 221 g/mol. The maximum absolute atomic E-state index is 13.0. The summed E-state index contributed by atoms with van der Waals surface area (Å²) in [5, 5.41) is 1.79. The van der Waals surface area contributed by atoms with Gasteiger partial charge in [-0.25, -0.2) is 4.39 Å². The lowest BCUT2D eigenvalue weighted by atomic mass is 10.2. The summed E-state index contributed by atoms with van der Waals surface area (Å²) < 4.78 is 13.5. The van der Waals surface area contributed by atoms with E-state index in [0.717, 1.165) is 10.8 Å². The van der Waals surface area contributed by atoms with E-state index in [4.69, 9.17) is 0 Å². The van der Waals surface area contributed by atoms with Crippen molar-refractivity contribution in [2.45, 2.75) is 0 Å². The number of pyridine rings is 1. The zero-order valence-electron chi connectivity index (χ0n) is 6.09. The Balaban J connectivity index is 2.91. The molecule has 0 aliphatic rings. The molecule has 1 heterocycles. The fourth-order valence-corrected chi connectivity index (χ4v) is 1.60. The Morgan fingerprint density at radius 3 is 2.92 bits per heavy atom. The van der Waals surface area contributed by atoms with Gasteiger partial charge in [-0.15, -0.1) is 0 Å². The monoisotopic (exact) mass is 225 g/mol. The summed E-state index contributed by atoms with van der Waals surface area (Å²) in [4.78, 5) is 3.94. The highest BCUT2D eigenvalue weighted by Crippen LogP contribution is 2.25. The molecule has 0 saturated carbocycles. The summed E-state index contributed by atoms with van der Waals surface area (Å²) in [7, 11) is 0. The third-order valence-electron chi connectivity index (χ3n) is 1.71. The van der Waals surface area contributed by atoms with Gasteiger partial charge in [-0.3, -0.25) is 4.98 Å². The van der Waals surface area contributed by atoms with Crippen LogP contribution in [0.4, 0.5) is 4.39 Å². The first kappa shape index (κ1) is 7.68. The highest BCUT2D eigenvalue weighted by atomic mass is 79.9. The first-order valence-electron chi connectivity index (χ1n) is 3.47. The molecule has 0 aliphatic heterocycles. The van der Waals surface area contributed by atoms with Crippen LogP contribution < -0.4 is 0 Å². The summed E-state index contributed by atoms with van der Waals surface area (Å²) >= 11 is 3.18. The molecule has 0 unspecified atom stereocenters. The summed E-state index contributed by atoms with van der Waals surface area (Å²) in [6.07, 6.45) is 3.35. The van der Waals surface area contributed by atoms with Crippen LogP contribution >= 0.6 is 15.9 Å². The smallest absolute Gasteiger partial charge is 0.138 e. The van der Waals surface area contributed by atoms with Gasteiger partial charge >= 0.3 is 0 Å². The summed E-state index contributed by atoms with van der Waals surface area (Å²) in [6, 6.07) is 4.92. The van der Waals surface area contributed by atoms with Crippen molar-refractivity contribution in [2.75, 3.05) is 0 Å². The van der Waals surface area contributed by atoms with Crippen molar-refractivity contribution in [3.63, 3.8) is 0 Å². The van der Waals surface area contributed by atoms with Crippen molar-refractivity contribution in [1.82, 2.24) is 4.98 Å². The molecule has 0 spiro atoms. The van der Waals surface area contributed by atoms with Crippen molar-refractivity contribution < 1.29 is 4.39 Å². The molecule has 2 aromatic rings. The van der Waals surface area contributed by atoms with Gasteiger partial charge in [0.2, 0.25) is 0 Å². The number of halogens is 2. The van der Waals surface area contributed by atoms with E-state index in [-0.39, 0.29) is 5.82 Å². The quantitative estimate of drug-likeness (QED) is 0.672. The summed E-state index contributed by atoms with van der Waals surface area (Å²) in [5.74, 6) is -0.242. The Hall–Kier alpha value is -0.960. The topological polar surface area (TPSA) is 12.9 Å². The molecule has 3 heteroatoms. The van der Waals surface area contributed by atoms with Gasteiger partial charge in [-0.2, -0.15) is 0 Å². The minimum Gasteiger partial charge on any atom is -0.264 e. The highest BCUT2D eigenvalue weighted by Gasteiger charge is 2.02. The number of rotatable bonds is 0. The molecule has 0 bridgehead atoms. The van der Waals surface area contributed by atoms with Crippen LogP contribution in [0.25, 0.3) is 10.8 Å². The van der Waals surface area contributed by atoms with Crippen molar-refractivity contribution in [2.24, 2.45) is 0 Å². The van der Waals surface area contributed by atoms with Gasteiger partial charge in [0.05, 0.1) is 4.47 Å². The molecular formula is C9H5BrFN. The molecule has 0 fully saturated rings. The molecule has 0 atom stereocenters. The van der Waals surface area contributed by atoms with E-state index in [1.807, 2.05) is 0 Å². The van der Waals surface area contributed by atoms with Crippen LogP contribution in [0.3, 0.4) is 0 Å². The van der Waals surface area contributed by atoms with Crippen LogP contribution in [-0.2, 0) is 0 Å². The van der Waals surface area contributed by atoms with Crippen molar-refractivity contribution >= 4 is 26.7 Å². The van der Waals surface area contributed by atoms with Crippen molar-refractivity contribution in [3.8, 4) is 0 Å². The van der Waals surface area contributed by atoms with E-state index in [1.54, 1.807) is 24.5 Å². The summed E-state index contributed by atoms with van der Waals surface area (Å²) in [5.41, 5.74) is 0. The molecule has 1 aromatic heterocycles. The molecule has 0 N–H and O–H groups in total. The van der Waals surface area contributed by atoms with E-state index in [2.05, 4.69) is 20.9 Å². The molecule has 1 nitrogen and oxygen atoms in total. The zero-order chi connectivity index (χ0) is 8.55. The third kappa shape index (κ3) is 1.10. The minimum absolute atomic E-state index is 0.242. The number of hydrogen-bond donors (Lipinski definition) is 0. The first-order chi connectivity index (χ1) is 5.79. The molecule has 2 rings (SSSR count). The van der Waals surface area contributed by atoms with E-state index in [1.165, 1.54) is 6.07 Å². The van der Waals surface area contributed by atoms with Crippen LogP contribution in [0.2, 0.25) is 0 Å². The van der Waals surface area contributed by atoms with Gasteiger partial charge in [0.15, 0.2) is 0 Å².